The van der Waals surface area contributed by atoms with E-state index in [9.17, 15) is 4.79 Å². The fraction of sp³-hybridized carbons (Fsp3) is 0.333. The van der Waals surface area contributed by atoms with E-state index >= 15 is 0 Å². The van der Waals surface area contributed by atoms with Gasteiger partial charge in [-0.1, -0.05) is 30.3 Å². The first-order valence-electron chi connectivity index (χ1n) is 10.0. The number of amides is 1. The van der Waals surface area contributed by atoms with Crippen molar-refractivity contribution >= 4 is 6.41 Å². The third-order valence-corrected chi connectivity index (χ3v) is 5.55. The number of nitrogens with zero attached hydrogens (tertiary/aromatic N) is 1. The van der Waals surface area contributed by atoms with Crippen molar-refractivity contribution < 1.29 is 4.79 Å². The number of nitrogens with one attached hydrogen (secondary N) is 2. The molecule has 2 aromatic heterocycles. The fourth-order valence-electron chi connectivity index (χ4n) is 3.92. The zero-order valence-corrected chi connectivity index (χ0v) is 16.5. The Morgan fingerprint density at radius 1 is 1.04 bits per heavy atom. The van der Waals surface area contributed by atoms with Gasteiger partial charge >= 0.3 is 0 Å². The molecule has 4 rings (SSSR count). The maximum absolute atomic E-state index is 10.2. The molecule has 0 unspecified atom stereocenters. The van der Waals surface area contributed by atoms with Crippen LogP contribution >= 0.6 is 0 Å². The molecular formula is C24H29N3O. The second-order valence-electron chi connectivity index (χ2n) is 7.44. The Morgan fingerprint density at radius 2 is 1.75 bits per heavy atom. The number of hydrogen-bond donors (Lipinski definition) is 2. The number of carbonyl (C=O) groups excluding carboxylic acids is 1. The first-order chi connectivity index (χ1) is 13.8. The summed E-state index contributed by atoms with van der Waals surface area (Å²) >= 11 is 0. The molecule has 1 amide bonds. The van der Waals surface area contributed by atoms with Crippen LogP contribution < -0.4 is 5.32 Å². The molecule has 0 aliphatic heterocycles. The molecule has 0 atom stereocenters. The summed E-state index contributed by atoms with van der Waals surface area (Å²) in [6, 6.07) is 14.6. The van der Waals surface area contributed by atoms with Crippen molar-refractivity contribution in [1.82, 2.24) is 15.3 Å². The van der Waals surface area contributed by atoms with E-state index in [0.717, 1.165) is 13.0 Å². The lowest BCUT2D eigenvalue weighted by molar-refractivity contribution is -0.109. The van der Waals surface area contributed by atoms with Crippen LogP contribution in [-0.4, -0.2) is 22.9 Å². The Hall–Kier alpha value is -2.88. The smallest absolute Gasteiger partial charge is 0.207 e. The average Bonchev–Trinajstić information content (AvgIpc) is 3.20. The molecule has 4 nitrogen and oxygen atoms in total. The monoisotopic (exact) mass is 375 g/mol. The lowest BCUT2D eigenvalue weighted by atomic mass is 9.79. The highest BCUT2D eigenvalue weighted by Gasteiger charge is 2.21. The van der Waals surface area contributed by atoms with Gasteiger partial charge in [-0.3, -0.25) is 9.78 Å². The maximum Gasteiger partial charge on any atom is 0.207 e. The zero-order chi connectivity index (χ0) is 19.6. The third kappa shape index (κ3) is 5.56. The average molecular weight is 376 g/mol. The van der Waals surface area contributed by atoms with Crippen LogP contribution in [0.1, 0.15) is 42.7 Å². The van der Waals surface area contributed by atoms with Gasteiger partial charge in [0.05, 0.1) is 0 Å². The summed E-state index contributed by atoms with van der Waals surface area (Å²) in [5.74, 6) is 1.36. The SMILES string of the molecule is Cc1c[nH]cc1-c1ccccc1.O=CNCC1CCC(c2ccncc2)CC1. The molecular weight excluding hydrogens is 346 g/mol. The molecule has 4 heteroatoms. The topological polar surface area (TPSA) is 57.8 Å². The van der Waals surface area contributed by atoms with Gasteiger partial charge < -0.3 is 10.3 Å². The quantitative estimate of drug-likeness (QED) is 0.610. The molecule has 0 saturated heterocycles. The first kappa shape index (κ1) is 19.9. The number of pyridine rings is 1. The Labute approximate surface area is 167 Å². The number of benzene rings is 1. The minimum Gasteiger partial charge on any atom is -0.367 e. The fourth-order valence-corrected chi connectivity index (χ4v) is 3.92. The molecule has 3 aromatic rings. The second kappa shape index (κ2) is 10.5. The summed E-state index contributed by atoms with van der Waals surface area (Å²) in [5.41, 5.74) is 5.27. The minimum absolute atomic E-state index is 0.670. The van der Waals surface area contributed by atoms with Crippen LogP contribution in [0.4, 0.5) is 0 Å². The number of carbonyl (C=O) groups is 1. The standard InChI is InChI=1S/C13H18N2O.C11H11N/c16-10-15-9-11-1-3-12(4-2-11)13-5-7-14-8-6-13;1-9-7-12-8-11(9)10-5-3-2-4-6-10/h5-8,10-12H,1-4,9H2,(H,15,16);2-8,12H,1H3. The number of aromatic amines is 1. The molecule has 1 aliphatic rings. The summed E-state index contributed by atoms with van der Waals surface area (Å²) in [7, 11) is 0. The van der Waals surface area contributed by atoms with Crippen molar-refractivity contribution in [2.24, 2.45) is 5.92 Å². The molecule has 1 saturated carbocycles. The highest BCUT2D eigenvalue weighted by atomic mass is 16.1. The van der Waals surface area contributed by atoms with Gasteiger partial charge in [0, 0.05) is 36.9 Å². The summed E-state index contributed by atoms with van der Waals surface area (Å²) in [6.45, 7) is 2.95. The number of rotatable bonds is 5. The highest BCUT2D eigenvalue weighted by Crippen LogP contribution is 2.35. The predicted molar refractivity (Wildman–Crippen MR) is 114 cm³/mol. The Kier molecular flexibility index (Phi) is 7.42. The Morgan fingerprint density at radius 3 is 2.36 bits per heavy atom. The minimum atomic E-state index is 0.670. The van der Waals surface area contributed by atoms with Crippen LogP contribution in [0.3, 0.4) is 0 Å². The van der Waals surface area contributed by atoms with Crippen molar-refractivity contribution in [3.05, 3.63) is 78.4 Å². The summed E-state index contributed by atoms with van der Waals surface area (Å²) in [4.78, 5) is 17.4. The molecule has 2 heterocycles. The van der Waals surface area contributed by atoms with Gasteiger partial charge in [0.1, 0.15) is 0 Å². The van der Waals surface area contributed by atoms with E-state index in [0.29, 0.717) is 11.8 Å². The van der Waals surface area contributed by atoms with Gasteiger partial charge in [0.2, 0.25) is 6.41 Å². The lowest BCUT2D eigenvalue weighted by Crippen LogP contribution is -2.25. The number of aryl methyl sites for hydroxylation is 1. The van der Waals surface area contributed by atoms with Gasteiger partial charge in [-0.2, -0.15) is 0 Å². The van der Waals surface area contributed by atoms with Crippen LogP contribution in [0.5, 0.6) is 0 Å². The predicted octanol–water partition coefficient (Wildman–Crippen LogP) is 5.09. The largest absolute Gasteiger partial charge is 0.367 e. The van der Waals surface area contributed by atoms with Gasteiger partial charge in [-0.25, -0.2) is 0 Å². The number of hydrogen-bond acceptors (Lipinski definition) is 2. The van der Waals surface area contributed by atoms with Gasteiger partial charge in [-0.15, -0.1) is 0 Å². The molecule has 2 N–H and O–H groups in total. The third-order valence-electron chi connectivity index (χ3n) is 5.55. The van der Waals surface area contributed by atoms with Gasteiger partial charge in [0.15, 0.2) is 0 Å². The van der Waals surface area contributed by atoms with Crippen molar-refractivity contribution in [2.75, 3.05) is 6.54 Å². The molecule has 146 valence electrons. The van der Waals surface area contributed by atoms with E-state index in [-0.39, 0.29) is 0 Å². The van der Waals surface area contributed by atoms with Crippen LogP contribution in [-0.2, 0) is 4.79 Å². The molecule has 0 bridgehead atoms. The molecule has 1 aliphatic carbocycles. The first-order valence-corrected chi connectivity index (χ1v) is 10.0. The van der Waals surface area contributed by atoms with Crippen LogP contribution in [0.15, 0.2) is 67.3 Å². The van der Waals surface area contributed by atoms with E-state index in [2.05, 4.69) is 58.6 Å². The summed E-state index contributed by atoms with van der Waals surface area (Å²) in [6.07, 6.45) is 13.5. The van der Waals surface area contributed by atoms with Crippen LogP contribution in [0, 0.1) is 12.8 Å². The Balaban J connectivity index is 0.000000167. The Bertz CT molecular complexity index is 821. The van der Waals surface area contributed by atoms with Crippen molar-refractivity contribution in [3.63, 3.8) is 0 Å². The van der Waals surface area contributed by atoms with Crippen molar-refractivity contribution in [2.45, 2.75) is 38.5 Å². The van der Waals surface area contributed by atoms with Crippen molar-refractivity contribution in [3.8, 4) is 11.1 Å². The number of H-pyrrole nitrogens is 1. The van der Waals surface area contributed by atoms with E-state index in [4.69, 9.17) is 0 Å². The van der Waals surface area contributed by atoms with E-state index in [1.807, 2.05) is 30.9 Å². The van der Waals surface area contributed by atoms with Crippen LogP contribution in [0.25, 0.3) is 11.1 Å². The number of aromatic nitrogens is 2. The molecule has 0 spiro atoms. The van der Waals surface area contributed by atoms with E-state index in [1.54, 1.807) is 0 Å². The zero-order valence-electron chi connectivity index (χ0n) is 16.5. The van der Waals surface area contributed by atoms with E-state index in [1.165, 1.54) is 47.9 Å². The second-order valence-corrected chi connectivity index (χ2v) is 7.44. The molecule has 0 radical (unpaired) electrons. The maximum atomic E-state index is 10.2. The normalized spacial score (nSPS) is 18.6. The molecule has 1 aromatic carbocycles. The van der Waals surface area contributed by atoms with Crippen molar-refractivity contribution in [1.29, 1.82) is 0 Å². The van der Waals surface area contributed by atoms with Crippen LogP contribution in [0.2, 0.25) is 0 Å². The summed E-state index contributed by atoms with van der Waals surface area (Å²) in [5, 5.41) is 2.78. The highest BCUT2D eigenvalue weighted by molar-refractivity contribution is 5.66. The lowest BCUT2D eigenvalue weighted by Gasteiger charge is -2.28. The molecule has 28 heavy (non-hydrogen) atoms. The molecule has 1 fully saturated rings. The van der Waals surface area contributed by atoms with E-state index < -0.39 is 0 Å². The van der Waals surface area contributed by atoms with Gasteiger partial charge in [-0.05, 0) is 73.3 Å². The summed E-state index contributed by atoms with van der Waals surface area (Å²) < 4.78 is 0. The van der Waals surface area contributed by atoms with Gasteiger partial charge in [0.25, 0.3) is 0 Å².